The largest absolute Gasteiger partial charge is 0.366 e. The van der Waals surface area contributed by atoms with Gasteiger partial charge in [0.05, 0.1) is 6.07 Å². The number of nitrogens with zero attached hydrogens (tertiary/aromatic N) is 1. The first kappa shape index (κ1) is 13.2. The molecule has 0 fully saturated rings. The molecule has 2 rings (SSSR count). The fraction of sp³-hybridized carbons (Fsp3) is 0.235. The van der Waals surface area contributed by atoms with Crippen molar-refractivity contribution >= 4 is 5.69 Å². The number of nitriles is 1. The van der Waals surface area contributed by atoms with Crippen molar-refractivity contribution in [3.63, 3.8) is 0 Å². The third kappa shape index (κ3) is 3.35. The van der Waals surface area contributed by atoms with Crippen molar-refractivity contribution in [2.75, 3.05) is 5.32 Å². The lowest BCUT2D eigenvalue weighted by Crippen LogP contribution is -2.08. The van der Waals surface area contributed by atoms with Gasteiger partial charge >= 0.3 is 0 Å². The van der Waals surface area contributed by atoms with Gasteiger partial charge in [0, 0.05) is 5.69 Å². The topological polar surface area (TPSA) is 35.8 Å². The van der Waals surface area contributed by atoms with E-state index in [-0.39, 0.29) is 6.04 Å². The van der Waals surface area contributed by atoms with Crippen LogP contribution < -0.4 is 5.32 Å². The van der Waals surface area contributed by atoms with Crippen molar-refractivity contribution in [3.05, 3.63) is 65.7 Å². The van der Waals surface area contributed by atoms with E-state index in [1.807, 2.05) is 42.5 Å². The zero-order valence-corrected chi connectivity index (χ0v) is 11.3. The molecule has 0 bridgehead atoms. The molecule has 96 valence electrons. The molecule has 1 unspecified atom stereocenters. The van der Waals surface area contributed by atoms with Crippen molar-refractivity contribution in [2.24, 2.45) is 0 Å². The minimum atomic E-state index is -0.316. The van der Waals surface area contributed by atoms with E-state index in [4.69, 9.17) is 0 Å². The molecule has 1 atom stereocenters. The Kier molecular flexibility index (Phi) is 4.20. The molecule has 0 spiro atoms. The van der Waals surface area contributed by atoms with E-state index in [1.54, 1.807) is 0 Å². The average Bonchev–Trinajstić information content (AvgIpc) is 2.46. The summed E-state index contributed by atoms with van der Waals surface area (Å²) < 4.78 is 0. The van der Waals surface area contributed by atoms with Crippen LogP contribution >= 0.6 is 0 Å². The Morgan fingerprint density at radius 2 is 1.47 bits per heavy atom. The van der Waals surface area contributed by atoms with E-state index in [0.29, 0.717) is 5.92 Å². The van der Waals surface area contributed by atoms with Crippen LogP contribution in [0.5, 0.6) is 0 Å². The third-order valence-corrected chi connectivity index (χ3v) is 3.15. The predicted molar refractivity (Wildman–Crippen MR) is 78.9 cm³/mol. The highest BCUT2D eigenvalue weighted by atomic mass is 14.9. The van der Waals surface area contributed by atoms with E-state index in [9.17, 15) is 5.26 Å². The maximum Gasteiger partial charge on any atom is 0.140 e. The van der Waals surface area contributed by atoms with Gasteiger partial charge in [0.2, 0.25) is 0 Å². The number of hydrogen-bond acceptors (Lipinski definition) is 2. The molecule has 0 amide bonds. The standard InChI is InChI=1S/C17H18N2/c1-13(2)14-8-10-15(11-9-14)17(12-18)19-16-6-4-3-5-7-16/h3-11,13,17,19H,1-2H3. The summed E-state index contributed by atoms with van der Waals surface area (Å²) in [5, 5.41) is 12.5. The first-order valence-electron chi connectivity index (χ1n) is 6.52. The van der Waals surface area contributed by atoms with Crippen LogP contribution in [0.25, 0.3) is 0 Å². The van der Waals surface area contributed by atoms with E-state index in [0.717, 1.165) is 11.3 Å². The zero-order valence-electron chi connectivity index (χ0n) is 11.3. The van der Waals surface area contributed by atoms with Gasteiger partial charge in [-0.15, -0.1) is 0 Å². The van der Waals surface area contributed by atoms with Gasteiger partial charge in [0.1, 0.15) is 6.04 Å². The Morgan fingerprint density at radius 3 is 2.00 bits per heavy atom. The van der Waals surface area contributed by atoms with Crippen molar-refractivity contribution in [2.45, 2.75) is 25.8 Å². The third-order valence-electron chi connectivity index (χ3n) is 3.15. The van der Waals surface area contributed by atoms with Gasteiger partial charge in [0.25, 0.3) is 0 Å². The van der Waals surface area contributed by atoms with Crippen molar-refractivity contribution in [1.82, 2.24) is 0 Å². The highest BCUT2D eigenvalue weighted by molar-refractivity contribution is 5.47. The summed E-state index contributed by atoms with van der Waals surface area (Å²) in [5.41, 5.74) is 3.25. The molecule has 0 radical (unpaired) electrons. The molecule has 0 saturated heterocycles. The van der Waals surface area contributed by atoms with Gasteiger partial charge in [-0.05, 0) is 29.2 Å². The maximum absolute atomic E-state index is 9.31. The molecule has 2 aromatic rings. The summed E-state index contributed by atoms with van der Waals surface area (Å²) in [4.78, 5) is 0. The average molecular weight is 250 g/mol. The fourth-order valence-electron chi connectivity index (χ4n) is 1.96. The molecule has 0 aliphatic carbocycles. The lowest BCUT2D eigenvalue weighted by atomic mass is 9.99. The predicted octanol–water partition coefficient (Wildman–Crippen LogP) is 4.49. The Bertz CT molecular complexity index is 550. The molecule has 2 nitrogen and oxygen atoms in total. The molecular weight excluding hydrogens is 232 g/mol. The first-order valence-corrected chi connectivity index (χ1v) is 6.52. The van der Waals surface area contributed by atoms with Gasteiger partial charge in [-0.25, -0.2) is 0 Å². The molecule has 2 aromatic carbocycles. The Hall–Kier alpha value is -2.27. The van der Waals surface area contributed by atoms with Crippen molar-refractivity contribution in [1.29, 1.82) is 5.26 Å². The summed E-state index contributed by atoms with van der Waals surface area (Å²) in [5.74, 6) is 0.511. The quantitative estimate of drug-likeness (QED) is 0.868. The second kappa shape index (κ2) is 6.06. The molecule has 0 aliphatic rings. The molecule has 0 saturated carbocycles. The molecular formula is C17H18N2. The zero-order chi connectivity index (χ0) is 13.7. The summed E-state index contributed by atoms with van der Waals surface area (Å²) in [6.45, 7) is 4.33. The van der Waals surface area contributed by atoms with Gasteiger partial charge in [-0.2, -0.15) is 5.26 Å². The van der Waals surface area contributed by atoms with Crippen molar-refractivity contribution < 1.29 is 0 Å². The molecule has 2 heteroatoms. The second-order valence-electron chi connectivity index (χ2n) is 4.89. The van der Waals surface area contributed by atoms with E-state index in [1.165, 1.54) is 5.56 Å². The minimum absolute atomic E-state index is 0.316. The summed E-state index contributed by atoms with van der Waals surface area (Å²) >= 11 is 0. The summed E-state index contributed by atoms with van der Waals surface area (Å²) in [7, 11) is 0. The van der Waals surface area contributed by atoms with Gasteiger partial charge in [-0.1, -0.05) is 56.3 Å². The van der Waals surface area contributed by atoms with Crippen LogP contribution in [0, 0.1) is 11.3 Å². The van der Waals surface area contributed by atoms with Crippen LogP contribution in [0.4, 0.5) is 5.69 Å². The Balaban J connectivity index is 2.16. The second-order valence-corrected chi connectivity index (χ2v) is 4.89. The van der Waals surface area contributed by atoms with Crippen LogP contribution in [0.3, 0.4) is 0 Å². The highest BCUT2D eigenvalue weighted by Crippen LogP contribution is 2.21. The van der Waals surface area contributed by atoms with Gasteiger partial charge in [0.15, 0.2) is 0 Å². The van der Waals surface area contributed by atoms with Gasteiger partial charge in [-0.3, -0.25) is 0 Å². The van der Waals surface area contributed by atoms with Crippen LogP contribution in [0.15, 0.2) is 54.6 Å². The number of hydrogen-bond donors (Lipinski definition) is 1. The van der Waals surface area contributed by atoms with Crippen LogP contribution in [0.2, 0.25) is 0 Å². The van der Waals surface area contributed by atoms with E-state index >= 15 is 0 Å². The molecule has 1 N–H and O–H groups in total. The van der Waals surface area contributed by atoms with Crippen LogP contribution in [-0.4, -0.2) is 0 Å². The molecule has 0 heterocycles. The molecule has 19 heavy (non-hydrogen) atoms. The van der Waals surface area contributed by atoms with Crippen LogP contribution in [-0.2, 0) is 0 Å². The lowest BCUT2D eigenvalue weighted by Gasteiger charge is -2.14. The summed E-state index contributed by atoms with van der Waals surface area (Å²) in [6.07, 6.45) is 0. The first-order chi connectivity index (χ1) is 9.20. The fourth-order valence-corrected chi connectivity index (χ4v) is 1.96. The smallest absolute Gasteiger partial charge is 0.140 e. The van der Waals surface area contributed by atoms with E-state index < -0.39 is 0 Å². The maximum atomic E-state index is 9.31. The lowest BCUT2D eigenvalue weighted by molar-refractivity contribution is 0.863. The number of nitrogens with one attached hydrogen (secondary N) is 1. The summed E-state index contributed by atoms with van der Waals surface area (Å²) in [6, 6.07) is 20.0. The number of rotatable bonds is 4. The normalized spacial score (nSPS) is 11.9. The molecule has 0 aromatic heterocycles. The van der Waals surface area contributed by atoms with E-state index in [2.05, 4.69) is 37.4 Å². The Morgan fingerprint density at radius 1 is 0.895 bits per heavy atom. The van der Waals surface area contributed by atoms with Gasteiger partial charge < -0.3 is 5.32 Å². The highest BCUT2D eigenvalue weighted by Gasteiger charge is 2.10. The minimum Gasteiger partial charge on any atom is -0.366 e. The van der Waals surface area contributed by atoms with Crippen molar-refractivity contribution in [3.8, 4) is 6.07 Å². The Labute approximate surface area is 114 Å². The van der Waals surface area contributed by atoms with Crippen LogP contribution in [0.1, 0.15) is 36.9 Å². The molecule has 0 aliphatic heterocycles. The number of anilines is 1. The number of benzene rings is 2. The number of para-hydroxylation sites is 1. The SMILES string of the molecule is CC(C)c1ccc(C(C#N)Nc2ccccc2)cc1. The monoisotopic (exact) mass is 250 g/mol.